The van der Waals surface area contributed by atoms with E-state index in [1.807, 2.05) is 16.9 Å². The normalized spacial score (nSPS) is 11.2. The van der Waals surface area contributed by atoms with E-state index in [1.165, 1.54) is 6.33 Å². The summed E-state index contributed by atoms with van der Waals surface area (Å²) in [6, 6.07) is 0. The van der Waals surface area contributed by atoms with Crippen LogP contribution in [0.15, 0.2) is 11.7 Å². The van der Waals surface area contributed by atoms with Crippen molar-refractivity contribution in [3.8, 4) is 5.88 Å². The van der Waals surface area contributed by atoms with Gasteiger partial charge in [-0.1, -0.05) is 0 Å². The second-order valence-corrected chi connectivity index (χ2v) is 5.81. The zero-order valence-corrected chi connectivity index (χ0v) is 13.3. The minimum absolute atomic E-state index is 0.477. The van der Waals surface area contributed by atoms with Crippen molar-refractivity contribution >= 4 is 34.1 Å². The minimum atomic E-state index is 0.477. The molecule has 0 aliphatic heterocycles. The van der Waals surface area contributed by atoms with Crippen LogP contribution in [0.25, 0.3) is 11.2 Å². The van der Waals surface area contributed by atoms with Crippen molar-refractivity contribution in [3.63, 3.8) is 0 Å². The number of hydrogen-bond acceptors (Lipinski definition) is 6. The summed E-state index contributed by atoms with van der Waals surface area (Å²) in [7, 11) is 1.58. The number of nitrogens with zero attached hydrogens (tertiary/aromatic N) is 5. The van der Waals surface area contributed by atoms with Gasteiger partial charge in [0.05, 0.1) is 13.7 Å². The van der Waals surface area contributed by atoms with Crippen LogP contribution < -0.4 is 4.74 Å². The van der Waals surface area contributed by atoms with Crippen LogP contribution in [0.2, 0.25) is 0 Å². The highest BCUT2D eigenvalue weighted by Gasteiger charge is 2.17. The topological polar surface area (TPSA) is 65.7 Å². The number of methoxy groups -OCH3 is 1. The largest absolute Gasteiger partial charge is 0.479 e. The predicted molar refractivity (Wildman–Crippen MR) is 82.3 cm³/mol. The predicted octanol–water partition coefficient (Wildman–Crippen LogP) is 2.43. The molecular formula is C13H14ClN5OS. The molecule has 0 fully saturated rings. The molecule has 0 aromatic carbocycles. The summed E-state index contributed by atoms with van der Waals surface area (Å²) in [5, 5.41) is 3.05. The lowest BCUT2D eigenvalue weighted by Gasteiger charge is -2.05. The Bertz CT molecular complexity index is 769. The third kappa shape index (κ3) is 2.71. The number of ether oxygens (including phenoxy) is 1. The van der Waals surface area contributed by atoms with Crippen molar-refractivity contribution in [2.24, 2.45) is 0 Å². The van der Waals surface area contributed by atoms with Gasteiger partial charge in [0.2, 0.25) is 5.88 Å². The Hall–Kier alpha value is -1.73. The maximum Gasteiger partial charge on any atom is 0.245 e. The van der Waals surface area contributed by atoms with Crippen LogP contribution in [0.5, 0.6) is 5.88 Å². The molecular weight excluding hydrogens is 310 g/mol. The number of rotatable bonds is 5. The summed E-state index contributed by atoms with van der Waals surface area (Å²) < 4.78 is 7.28. The van der Waals surface area contributed by atoms with Gasteiger partial charge in [-0.15, -0.1) is 22.9 Å². The van der Waals surface area contributed by atoms with Gasteiger partial charge in [0.15, 0.2) is 11.2 Å². The fraction of sp³-hybridized carbons (Fsp3) is 0.385. The number of hydrogen-bond donors (Lipinski definition) is 0. The van der Waals surface area contributed by atoms with Crippen LogP contribution in [0.4, 0.5) is 0 Å². The van der Waals surface area contributed by atoms with Crippen LogP contribution in [0.3, 0.4) is 0 Å². The second-order valence-electron chi connectivity index (χ2n) is 4.49. The van der Waals surface area contributed by atoms with Crippen molar-refractivity contribution in [3.05, 3.63) is 28.2 Å². The van der Waals surface area contributed by atoms with Crippen molar-refractivity contribution < 1.29 is 4.74 Å². The Labute approximate surface area is 130 Å². The minimum Gasteiger partial charge on any atom is -0.479 e. The molecule has 3 rings (SSSR count). The van der Waals surface area contributed by atoms with E-state index in [2.05, 4.69) is 19.9 Å². The molecule has 0 saturated carbocycles. The molecule has 0 aliphatic rings. The average molecular weight is 324 g/mol. The Morgan fingerprint density at radius 3 is 2.86 bits per heavy atom. The first-order valence-corrected chi connectivity index (χ1v) is 7.85. The first-order chi connectivity index (χ1) is 10.2. The number of alkyl halides is 1. The molecule has 0 saturated heterocycles. The van der Waals surface area contributed by atoms with Gasteiger partial charge in [-0.2, -0.15) is 4.98 Å². The third-order valence-electron chi connectivity index (χ3n) is 3.05. The Balaban J connectivity index is 2.11. The highest BCUT2D eigenvalue weighted by Crippen LogP contribution is 2.23. The summed E-state index contributed by atoms with van der Waals surface area (Å²) in [5.74, 6) is 1.84. The number of aryl methyl sites for hydroxylation is 2. The van der Waals surface area contributed by atoms with Gasteiger partial charge in [0, 0.05) is 23.4 Å². The molecule has 0 aliphatic carbocycles. The van der Waals surface area contributed by atoms with E-state index < -0.39 is 0 Å². The smallest absolute Gasteiger partial charge is 0.245 e. The Morgan fingerprint density at radius 1 is 1.33 bits per heavy atom. The Morgan fingerprint density at radius 2 is 2.19 bits per heavy atom. The van der Waals surface area contributed by atoms with Crippen LogP contribution in [0.1, 0.15) is 16.5 Å². The molecule has 8 heteroatoms. The molecule has 3 aromatic rings. The number of aromatic nitrogens is 5. The molecule has 21 heavy (non-hydrogen) atoms. The van der Waals surface area contributed by atoms with Gasteiger partial charge in [0.1, 0.15) is 17.2 Å². The molecule has 3 heterocycles. The van der Waals surface area contributed by atoms with Crippen LogP contribution in [-0.2, 0) is 13.0 Å². The molecule has 0 atom stereocenters. The molecule has 0 N–H and O–H groups in total. The van der Waals surface area contributed by atoms with E-state index in [0.29, 0.717) is 30.2 Å². The number of fused-ring (bicyclic) bond motifs is 1. The van der Waals surface area contributed by atoms with E-state index in [1.54, 1.807) is 18.4 Å². The molecule has 6 nitrogen and oxygen atoms in total. The molecule has 3 aromatic heterocycles. The van der Waals surface area contributed by atoms with Gasteiger partial charge in [-0.25, -0.2) is 15.0 Å². The van der Waals surface area contributed by atoms with E-state index in [0.717, 1.165) is 22.2 Å². The summed E-state index contributed by atoms with van der Waals surface area (Å²) in [4.78, 5) is 17.5. The summed E-state index contributed by atoms with van der Waals surface area (Å²) >= 11 is 7.51. The number of imidazole rings is 1. The standard InChI is InChI=1S/C13H14ClN5OS/c1-8-6-21-10(17-8)5-19-9(3-4-14)18-11-12(19)15-7-16-13(11)20-2/h6-7H,3-5H2,1-2H3. The zero-order valence-electron chi connectivity index (χ0n) is 11.7. The van der Waals surface area contributed by atoms with Gasteiger partial charge in [-0.3, -0.25) is 0 Å². The third-order valence-corrected chi connectivity index (χ3v) is 4.19. The fourth-order valence-electron chi connectivity index (χ4n) is 2.16. The lowest BCUT2D eigenvalue weighted by atomic mass is 10.4. The lowest BCUT2D eigenvalue weighted by molar-refractivity contribution is 0.401. The van der Waals surface area contributed by atoms with Gasteiger partial charge < -0.3 is 9.30 Å². The number of halogens is 1. The zero-order chi connectivity index (χ0) is 14.8. The van der Waals surface area contributed by atoms with E-state index in [4.69, 9.17) is 16.3 Å². The SMILES string of the molecule is COc1ncnc2c1nc(CCCl)n2Cc1nc(C)cs1. The Kier molecular flexibility index (Phi) is 4.03. The molecule has 110 valence electrons. The van der Waals surface area contributed by atoms with Crippen molar-refractivity contribution in [1.29, 1.82) is 0 Å². The van der Waals surface area contributed by atoms with Crippen LogP contribution in [-0.4, -0.2) is 37.5 Å². The quantitative estimate of drug-likeness (QED) is 0.675. The molecule has 0 radical (unpaired) electrons. The monoisotopic (exact) mass is 323 g/mol. The maximum atomic E-state index is 5.88. The average Bonchev–Trinajstić information content (AvgIpc) is 3.04. The fourth-order valence-corrected chi connectivity index (χ4v) is 3.09. The van der Waals surface area contributed by atoms with Crippen LogP contribution in [0, 0.1) is 6.92 Å². The molecule has 0 amide bonds. The first-order valence-electron chi connectivity index (χ1n) is 6.44. The van der Waals surface area contributed by atoms with E-state index in [-0.39, 0.29) is 0 Å². The van der Waals surface area contributed by atoms with Crippen molar-refractivity contribution in [2.75, 3.05) is 13.0 Å². The van der Waals surface area contributed by atoms with Crippen LogP contribution >= 0.6 is 22.9 Å². The molecule has 0 unspecified atom stereocenters. The highest BCUT2D eigenvalue weighted by atomic mass is 35.5. The molecule has 0 spiro atoms. The van der Waals surface area contributed by atoms with Gasteiger partial charge >= 0.3 is 0 Å². The second kappa shape index (κ2) is 5.95. The van der Waals surface area contributed by atoms with Crippen molar-refractivity contribution in [2.45, 2.75) is 19.9 Å². The highest BCUT2D eigenvalue weighted by molar-refractivity contribution is 7.09. The van der Waals surface area contributed by atoms with E-state index >= 15 is 0 Å². The maximum absolute atomic E-state index is 5.88. The van der Waals surface area contributed by atoms with Gasteiger partial charge in [-0.05, 0) is 6.92 Å². The van der Waals surface area contributed by atoms with E-state index in [9.17, 15) is 0 Å². The lowest BCUT2D eigenvalue weighted by Crippen LogP contribution is -2.06. The first kappa shape index (κ1) is 14.2. The van der Waals surface area contributed by atoms with Crippen molar-refractivity contribution in [1.82, 2.24) is 24.5 Å². The number of thiazole rings is 1. The summed E-state index contributed by atoms with van der Waals surface area (Å²) in [6.07, 6.45) is 2.14. The van der Waals surface area contributed by atoms with Gasteiger partial charge in [0.25, 0.3) is 0 Å². The summed E-state index contributed by atoms with van der Waals surface area (Å²) in [5.41, 5.74) is 2.42. The molecule has 0 bridgehead atoms. The summed E-state index contributed by atoms with van der Waals surface area (Å²) in [6.45, 7) is 2.61.